The molecule has 1 amide bonds. The number of aliphatic imine (C=N–C) groups is 1. The van der Waals surface area contributed by atoms with Crippen LogP contribution in [0.1, 0.15) is 27.6 Å². The first-order chi connectivity index (χ1) is 15.3. The molecule has 0 aromatic heterocycles. The first-order valence-electron chi connectivity index (χ1n) is 9.62. The summed E-state index contributed by atoms with van der Waals surface area (Å²) in [7, 11) is -1.73. The number of hydrogen-bond donors (Lipinski definition) is 4. The van der Waals surface area contributed by atoms with E-state index in [0.717, 1.165) is 0 Å². The molecule has 9 heteroatoms. The van der Waals surface area contributed by atoms with Crippen molar-refractivity contribution in [3.63, 3.8) is 0 Å². The van der Waals surface area contributed by atoms with Crippen molar-refractivity contribution in [2.24, 2.45) is 16.5 Å². The van der Waals surface area contributed by atoms with Gasteiger partial charge in [0, 0.05) is 5.56 Å². The minimum atomic E-state index is -1.73. The van der Waals surface area contributed by atoms with Crippen LogP contribution in [0.2, 0.25) is 0 Å². The molecular formula is C23H22N4O4S. The van der Waals surface area contributed by atoms with Crippen LogP contribution in [0.4, 0.5) is 11.4 Å². The van der Waals surface area contributed by atoms with Gasteiger partial charge in [0.05, 0.1) is 38.7 Å². The number of rotatable bonds is 8. The van der Waals surface area contributed by atoms with Gasteiger partial charge in [-0.2, -0.15) is 0 Å². The van der Waals surface area contributed by atoms with Crippen molar-refractivity contribution in [2.75, 3.05) is 5.32 Å². The van der Waals surface area contributed by atoms with Gasteiger partial charge in [0.15, 0.2) is 5.96 Å². The van der Waals surface area contributed by atoms with E-state index in [0.29, 0.717) is 27.4 Å². The number of nitrogens with two attached hydrogens (primary N) is 2. The Morgan fingerprint density at radius 1 is 0.938 bits per heavy atom. The number of anilines is 1. The summed E-state index contributed by atoms with van der Waals surface area (Å²) < 4.78 is 13.4. The van der Waals surface area contributed by atoms with E-state index in [9.17, 15) is 18.9 Å². The van der Waals surface area contributed by atoms with Gasteiger partial charge in [-0.05, 0) is 42.0 Å². The third-order valence-electron chi connectivity index (χ3n) is 4.53. The zero-order valence-corrected chi connectivity index (χ0v) is 17.8. The van der Waals surface area contributed by atoms with E-state index in [1.807, 2.05) is 0 Å². The minimum absolute atomic E-state index is 0.0899. The molecule has 164 valence electrons. The van der Waals surface area contributed by atoms with Gasteiger partial charge in [0.1, 0.15) is 0 Å². The van der Waals surface area contributed by atoms with Crippen LogP contribution in [0.3, 0.4) is 0 Å². The molecule has 3 aromatic carbocycles. The minimum Gasteiger partial charge on any atom is -0.481 e. The Labute approximate surface area is 187 Å². The SMILES string of the molecule is NC(N)=Nc1ccc(C(=O)Nc2ccccc2S(=O)C(CC(=O)O)c2ccccc2)cc1. The maximum atomic E-state index is 13.4. The number of benzene rings is 3. The number of carbonyl (C=O) groups excluding carboxylic acids is 1. The second kappa shape index (κ2) is 10.4. The van der Waals surface area contributed by atoms with E-state index in [2.05, 4.69) is 10.3 Å². The highest BCUT2D eigenvalue weighted by molar-refractivity contribution is 7.85. The quantitative estimate of drug-likeness (QED) is 0.306. The van der Waals surface area contributed by atoms with E-state index in [1.54, 1.807) is 78.9 Å². The van der Waals surface area contributed by atoms with Gasteiger partial charge in [0.2, 0.25) is 0 Å². The Balaban J connectivity index is 1.87. The highest BCUT2D eigenvalue weighted by Crippen LogP contribution is 2.32. The first kappa shape index (κ1) is 22.7. The smallest absolute Gasteiger partial charge is 0.304 e. The van der Waals surface area contributed by atoms with Crippen LogP contribution in [0.15, 0.2) is 88.8 Å². The summed E-state index contributed by atoms with van der Waals surface area (Å²) >= 11 is 0. The molecule has 0 saturated carbocycles. The fourth-order valence-electron chi connectivity index (χ4n) is 3.07. The Kier molecular flexibility index (Phi) is 7.35. The molecular weight excluding hydrogens is 428 g/mol. The first-order valence-corrected chi connectivity index (χ1v) is 10.8. The van der Waals surface area contributed by atoms with E-state index in [4.69, 9.17) is 11.5 Å². The standard InChI is InChI=1S/C23H22N4O4S/c24-23(25)26-17-12-10-16(11-13-17)22(30)27-18-8-4-5-9-19(18)32(31)20(14-21(28)29)15-6-2-1-3-7-15/h1-13,20H,14H2,(H,27,30)(H,28,29)(H4,24,25,26). The molecule has 0 aliphatic rings. The van der Waals surface area contributed by atoms with Crippen molar-refractivity contribution in [2.45, 2.75) is 16.6 Å². The summed E-state index contributed by atoms with van der Waals surface area (Å²) in [5.74, 6) is -1.57. The summed E-state index contributed by atoms with van der Waals surface area (Å²) in [5.41, 5.74) is 12.5. The number of carboxylic acids is 1. The van der Waals surface area contributed by atoms with Crippen molar-refractivity contribution in [1.82, 2.24) is 0 Å². The Hall–Kier alpha value is -3.98. The summed E-state index contributed by atoms with van der Waals surface area (Å²) in [4.78, 5) is 28.4. The molecule has 2 atom stereocenters. The predicted octanol–water partition coefficient (Wildman–Crippen LogP) is 3.17. The van der Waals surface area contributed by atoms with E-state index >= 15 is 0 Å². The molecule has 0 saturated heterocycles. The highest BCUT2D eigenvalue weighted by Gasteiger charge is 2.25. The third kappa shape index (κ3) is 5.79. The van der Waals surface area contributed by atoms with Crippen molar-refractivity contribution in [3.05, 3.63) is 90.0 Å². The number of aliphatic carboxylic acids is 1. The van der Waals surface area contributed by atoms with Gasteiger partial charge < -0.3 is 21.9 Å². The lowest BCUT2D eigenvalue weighted by molar-refractivity contribution is -0.137. The Morgan fingerprint density at radius 2 is 1.56 bits per heavy atom. The molecule has 3 aromatic rings. The topological polar surface area (TPSA) is 148 Å². The number of carbonyl (C=O) groups is 2. The van der Waals surface area contributed by atoms with Crippen LogP contribution < -0.4 is 16.8 Å². The maximum Gasteiger partial charge on any atom is 0.304 e. The predicted molar refractivity (Wildman–Crippen MR) is 124 cm³/mol. The lowest BCUT2D eigenvalue weighted by Crippen LogP contribution is -2.21. The van der Waals surface area contributed by atoms with Gasteiger partial charge >= 0.3 is 5.97 Å². The molecule has 6 N–H and O–H groups in total. The van der Waals surface area contributed by atoms with Crippen LogP contribution in [-0.2, 0) is 15.6 Å². The van der Waals surface area contributed by atoms with Crippen LogP contribution in [-0.4, -0.2) is 27.2 Å². The Bertz CT molecular complexity index is 1160. The monoisotopic (exact) mass is 450 g/mol. The molecule has 0 spiro atoms. The molecule has 0 aliphatic heterocycles. The van der Waals surface area contributed by atoms with Gasteiger partial charge in [0.25, 0.3) is 5.91 Å². The molecule has 3 rings (SSSR count). The van der Waals surface area contributed by atoms with Gasteiger partial charge in [-0.25, -0.2) is 4.99 Å². The number of carboxylic acid groups (broad SMARTS) is 1. The van der Waals surface area contributed by atoms with Crippen molar-refractivity contribution >= 4 is 40.0 Å². The van der Waals surface area contributed by atoms with Crippen LogP contribution >= 0.6 is 0 Å². The van der Waals surface area contributed by atoms with Crippen molar-refractivity contribution < 1.29 is 18.9 Å². The average Bonchev–Trinajstić information content (AvgIpc) is 2.78. The third-order valence-corrected chi connectivity index (χ3v) is 6.27. The number of guanidine groups is 1. The normalized spacial score (nSPS) is 12.4. The van der Waals surface area contributed by atoms with Crippen LogP contribution in [0.25, 0.3) is 0 Å². The highest BCUT2D eigenvalue weighted by atomic mass is 32.2. The summed E-state index contributed by atoms with van der Waals surface area (Å²) in [6.45, 7) is 0. The largest absolute Gasteiger partial charge is 0.481 e. The number of nitrogens with zero attached hydrogens (tertiary/aromatic N) is 1. The molecule has 32 heavy (non-hydrogen) atoms. The van der Waals surface area contributed by atoms with Crippen molar-refractivity contribution in [1.29, 1.82) is 0 Å². The molecule has 0 heterocycles. The molecule has 8 nitrogen and oxygen atoms in total. The number of hydrogen-bond acceptors (Lipinski definition) is 4. The maximum absolute atomic E-state index is 13.4. The van der Waals surface area contributed by atoms with Crippen LogP contribution in [0.5, 0.6) is 0 Å². The lowest BCUT2D eigenvalue weighted by atomic mass is 10.1. The zero-order valence-electron chi connectivity index (χ0n) is 17.0. The molecule has 0 aliphatic carbocycles. The molecule has 0 fully saturated rings. The molecule has 0 bridgehead atoms. The fraction of sp³-hybridized carbons (Fsp3) is 0.0870. The Morgan fingerprint density at radius 3 is 2.19 bits per heavy atom. The summed E-state index contributed by atoms with van der Waals surface area (Å²) in [5, 5.41) is 11.3. The summed E-state index contributed by atoms with van der Waals surface area (Å²) in [6.07, 6.45) is -0.314. The number of nitrogens with one attached hydrogen (secondary N) is 1. The number of amides is 1. The van der Waals surface area contributed by atoms with Gasteiger partial charge in [-0.1, -0.05) is 42.5 Å². The molecule has 0 radical (unpaired) electrons. The number of para-hydroxylation sites is 1. The lowest BCUT2D eigenvalue weighted by Gasteiger charge is -2.18. The fourth-order valence-corrected chi connectivity index (χ4v) is 4.63. The summed E-state index contributed by atoms with van der Waals surface area (Å²) in [6, 6.07) is 21.8. The second-order valence-electron chi connectivity index (χ2n) is 6.83. The van der Waals surface area contributed by atoms with Gasteiger partial charge in [-0.3, -0.25) is 13.8 Å². The van der Waals surface area contributed by atoms with Gasteiger partial charge in [-0.15, -0.1) is 0 Å². The second-order valence-corrected chi connectivity index (χ2v) is 8.43. The molecule has 2 unspecified atom stereocenters. The zero-order chi connectivity index (χ0) is 23.1. The van der Waals surface area contributed by atoms with E-state index in [-0.39, 0.29) is 12.4 Å². The van der Waals surface area contributed by atoms with E-state index in [1.165, 1.54) is 0 Å². The average molecular weight is 451 g/mol. The van der Waals surface area contributed by atoms with Crippen LogP contribution in [0, 0.1) is 0 Å². The van der Waals surface area contributed by atoms with Crippen molar-refractivity contribution in [3.8, 4) is 0 Å². The van der Waals surface area contributed by atoms with E-state index < -0.39 is 27.9 Å².